The maximum atomic E-state index is 12.3. The fourth-order valence-electron chi connectivity index (χ4n) is 2.84. The van der Waals surface area contributed by atoms with Crippen molar-refractivity contribution in [3.63, 3.8) is 0 Å². The van der Waals surface area contributed by atoms with E-state index in [1.807, 2.05) is 0 Å². The first-order valence-corrected chi connectivity index (χ1v) is 9.81. The number of nitrogens with one attached hydrogen (secondary N) is 3. The molecule has 0 saturated carbocycles. The van der Waals surface area contributed by atoms with Gasteiger partial charge in [-0.25, -0.2) is 9.78 Å². The fraction of sp³-hybridized carbons (Fsp3) is 0.278. The van der Waals surface area contributed by atoms with Gasteiger partial charge in [0.05, 0.1) is 10.9 Å². The third-order valence-electron chi connectivity index (χ3n) is 4.34. The number of nitrogen functional groups attached to an aromatic ring is 1. The van der Waals surface area contributed by atoms with Crippen molar-refractivity contribution in [2.75, 3.05) is 5.73 Å². The van der Waals surface area contributed by atoms with E-state index in [-0.39, 0.29) is 24.0 Å². The highest BCUT2D eigenvalue weighted by Gasteiger charge is 2.22. The molecule has 0 fully saturated rings. The molecular weight excluding hydrogens is 414 g/mol. The normalized spacial score (nSPS) is 12.0. The van der Waals surface area contributed by atoms with Crippen molar-refractivity contribution in [3.8, 4) is 0 Å². The summed E-state index contributed by atoms with van der Waals surface area (Å²) in [6, 6.07) is 1.85. The van der Waals surface area contributed by atoms with Crippen molar-refractivity contribution in [2.45, 2.75) is 31.7 Å². The van der Waals surface area contributed by atoms with Gasteiger partial charge in [0, 0.05) is 23.1 Å². The molecule has 11 nitrogen and oxygen atoms in total. The van der Waals surface area contributed by atoms with Gasteiger partial charge in [-0.05, 0) is 25.0 Å². The highest BCUT2D eigenvalue weighted by Crippen LogP contribution is 2.18. The van der Waals surface area contributed by atoms with Crippen LogP contribution in [-0.2, 0) is 22.4 Å². The number of aromatic nitrogens is 3. The van der Waals surface area contributed by atoms with Crippen molar-refractivity contribution < 1.29 is 24.6 Å². The van der Waals surface area contributed by atoms with Gasteiger partial charge in [-0.3, -0.25) is 14.4 Å². The molecule has 12 heteroatoms. The Morgan fingerprint density at radius 2 is 1.97 bits per heavy atom. The highest BCUT2D eigenvalue weighted by atomic mass is 32.1. The van der Waals surface area contributed by atoms with Gasteiger partial charge >= 0.3 is 11.9 Å². The van der Waals surface area contributed by atoms with Gasteiger partial charge < -0.3 is 31.2 Å². The number of H-pyrrole nitrogens is 2. The smallest absolute Gasteiger partial charge is 0.326 e. The zero-order valence-electron chi connectivity index (χ0n) is 15.6. The second kappa shape index (κ2) is 8.78. The molecule has 158 valence electrons. The molecule has 0 aliphatic carbocycles. The molecule has 0 aliphatic rings. The minimum absolute atomic E-state index is 0.210. The third-order valence-corrected chi connectivity index (χ3v) is 5.34. The molecule has 0 spiro atoms. The van der Waals surface area contributed by atoms with Crippen LogP contribution in [-0.4, -0.2) is 49.1 Å². The predicted octanol–water partition coefficient (Wildman–Crippen LogP) is 0.728. The lowest BCUT2D eigenvalue weighted by atomic mass is 10.1. The van der Waals surface area contributed by atoms with Gasteiger partial charge in [-0.15, -0.1) is 11.3 Å². The van der Waals surface area contributed by atoms with Crippen LogP contribution in [0.4, 0.5) is 5.82 Å². The predicted molar refractivity (Wildman–Crippen MR) is 109 cm³/mol. The first-order chi connectivity index (χ1) is 14.2. The molecule has 0 radical (unpaired) electrons. The molecule has 0 unspecified atom stereocenters. The molecule has 7 N–H and O–H groups in total. The number of nitrogens with zero attached hydrogens (tertiary/aromatic N) is 1. The van der Waals surface area contributed by atoms with Gasteiger partial charge in [-0.2, -0.15) is 0 Å². The molecule has 3 aromatic rings. The number of nitrogens with two attached hydrogens (primary N) is 1. The number of hydrogen-bond donors (Lipinski definition) is 6. The van der Waals surface area contributed by atoms with Crippen LogP contribution in [0.3, 0.4) is 0 Å². The number of carbonyl (C=O) groups is 3. The molecule has 3 rings (SSSR count). The van der Waals surface area contributed by atoms with Crippen LogP contribution in [0, 0.1) is 0 Å². The van der Waals surface area contributed by atoms with Crippen molar-refractivity contribution in [1.29, 1.82) is 0 Å². The molecule has 0 aromatic carbocycles. The second-order valence-electron chi connectivity index (χ2n) is 6.60. The van der Waals surface area contributed by atoms with E-state index in [1.54, 1.807) is 11.4 Å². The molecule has 3 aromatic heterocycles. The van der Waals surface area contributed by atoms with E-state index in [0.717, 1.165) is 4.88 Å². The minimum atomic E-state index is -1.30. The maximum absolute atomic E-state index is 12.3. The topological polar surface area (TPSA) is 191 Å². The molecule has 0 bridgehead atoms. The Morgan fingerprint density at radius 3 is 2.67 bits per heavy atom. The number of aromatic amines is 2. The standard InChI is InChI=1S/C18H19N5O6S/c19-12-6-10-15(21-12)22-13(23-17(10)27)3-1-9-5-8(7-30-9)16(26)20-11(18(28)29)2-4-14(24)25/h5-7,11H,1-4,19H2,(H,20,26)(H,24,25)(H,28,29)(H2,21,22,23,27)/t11-/m0/s1. The van der Waals surface area contributed by atoms with Crippen LogP contribution in [0.15, 0.2) is 22.3 Å². The summed E-state index contributed by atoms with van der Waals surface area (Å²) in [4.78, 5) is 56.9. The van der Waals surface area contributed by atoms with Crippen molar-refractivity contribution in [2.24, 2.45) is 0 Å². The summed E-state index contributed by atoms with van der Waals surface area (Å²) < 4.78 is 0. The van der Waals surface area contributed by atoms with Gasteiger partial charge in [0.2, 0.25) is 0 Å². The molecule has 0 saturated heterocycles. The summed E-state index contributed by atoms with van der Waals surface area (Å²) in [5.41, 5.74) is 6.03. The summed E-state index contributed by atoms with van der Waals surface area (Å²) in [5, 5.41) is 22.1. The Labute approximate surface area is 173 Å². The number of carboxylic acid groups (broad SMARTS) is 2. The maximum Gasteiger partial charge on any atom is 0.326 e. The average Bonchev–Trinajstić information content (AvgIpc) is 3.29. The van der Waals surface area contributed by atoms with Crippen LogP contribution >= 0.6 is 11.3 Å². The van der Waals surface area contributed by atoms with Crippen molar-refractivity contribution in [3.05, 3.63) is 44.1 Å². The van der Waals surface area contributed by atoms with Crippen LogP contribution in [0.25, 0.3) is 11.0 Å². The van der Waals surface area contributed by atoms with E-state index in [0.29, 0.717) is 35.5 Å². The highest BCUT2D eigenvalue weighted by molar-refractivity contribution is 7.10. The SMILES string of the molecule is Nc1cc2c(=O)[nH]c(CCc3cc(C(=O)N[C@@H](CCC(=O)O)C(=O)O)cs3)nc2[nH]1. The Bertz CT molecular complexity index is 1160. The summed E-state index contributed by atoms with van der Waals surface area (Å²) in [5.74, 6) is -2.22. The summed E-state index contributed by atoms with van der Waals surface area (Å²) in [6.45, 7) is 0. The number of carbonyl (C=O) groups excluding carboxylic acids is 1. The van der Waals surface area contributed by atoms with E-state index in [2.05, 4.69) is 20.3 Å². The van der Waals surface area contributed by atoms with Crippen LogP contribution < -0.4 is 16.6 Å². The second-order valence-corrected chi connectivity index (χ2v) is 7.59. The Hall–Kier alpha value is -3.67. The fourth-order valence-corrected chi connectivity index (χ4v) is 3.71. The van der Waals surface area contributed by atoms with Gasteiger partial charge in [0.1, 0.15) is 23.3 Å². The van der Waals surface area contributed by atoms with Gasteiger partial charge in [0.15, 0.2) is 0 Å². The lowest BCUT2D eigenvalue weighted by molar-refractivity contribution is -0.140. The Balaban J connectivity index is 1.63. The number of aliphatic carboxylic acids is 2. The summed E-state index contributed by atoms with van der Waals surface area (Å²) >= 11 is 1.31. The van der Waals surface area contributed by atoms with Gasteiger partial charge in [0.25, 0.3) is 11.5 Å². The van der Waals surface area contributed by atoms with Crippen molar-refractivity contribution >= 4 is 46.0 Å². The zero-order valence-corrected chi connectivity index (χ0v) is 16.4. The number of thiophene rings is 1. The monoisotopic (exact) mass is 433 g/mol. The number of hydrogen-bond acceptors (Lipinski definition) is 7. The third kappa shape index (κ3) is 5.03. The molecule has 3 heterocycles. The summed E-state index contributed by atoms with van der Waals surface area (Å²) in [7, 11) is 0. The number of aryl methyl sites for hydroxylation is 2. The molecular formula is C18H19N5O6S. The summed E-state index contributed by atoms with van der Waals surface area (Å²) in [6.07, 6.45) is 0.346. The average molecular weight is 433 g/mol. The lowest BCUT2D eigenvalue weighted by Crippen LogP contribution is -2.41. The van der Waals surface area contributed by atoms with E-state index in [9.17, 15) is 19.2 Å². The largest absolute Gasteiger partial charge is 0.481 e. The number of fused-ring (bicyclic) bond motifs is 1. The Morgan fingerprint density at radius 1 is 1.20 bits per heavy atom. The zero-order chi connectivity index (χ0) is 21.8. The van der Waals surface area contributed by atoms with E-state index in [4.69, 9.17) is 15.9 Å². The van der Waals surface area contributed by atoms with Crippen LogP contribution in [0.1, 0.15) is 33.9 Å². The molecule has 1 atom stereocenters. The number of rotatable bonds is 9. The molecule has 1 amide bonds. The number of anilines is 1. The van der Waals surface area contributed by atoms with Crippen LogP contribution in [0.2, 0.25) is 0 Å². The van der Waals surface area contributed by atoms with E-state index >= 15 is 0 Å². The van der Waals surface area contributed by atoms with E-state index in [1.165, 1.54) is 17.4 Å². The minimum Gasteiger partial charge on any atom is -0.481 e. The lowest BCUT2D eigenvalue weighted by Gasteiger charge is -2.12. The van der Waals surface area contributed by atoms with Gasteiger partial charge in [-0.1, -0.05) is 0 Å². The van der Waals surface area contributed by atoms with E-state index < -0.39 is 23.9 Å². The quantitative estimate of drug-likeness (QED) is 0.284. The number of carboxylic acids is 2. The van der Waals surface area contributed by atoms with Crippen LogP contribution in [0.5, 0.6) is 0 Å². The van der Waals surface area contributed by atoms with Crippen molar-refractivity contribution in [1.82, 2.24) is 20.3 Å². The number of amides is 1. The first kappa shape index (κ1) is 21.0. The molecule has 0 aliphatic heterocycles. The first-order valence-electron chi connectivity index (χ1n) is 8.93. The Kier molecular flexibility index (Phi) is 6.16. The molecule has 30 heavy (non-hydrogen) atoms.